The van der Waals surface area contributed by atoms with Crippen LogP contribution in [0.1, 0.15) is 208 Å². The van der Waals surface area contributed by atoms with Crippen LogP contribution < -0.4 is 0 Å². The Morgan fingerprint density at radius 2 is 0.464 bits per heavy atom. The van der Waals surface area contributed by atoms with Crippen LogP contribution >= 0.6 is 30.1 Å². The Hall–Kier alpha value is -4.38. The number of hydrogen-bond donors (Lipinski definition) is 0. The number of rotatable bonds is 16. The van der Waals surface area contributed by atoms with E-state index in [4.69, 9.17) is 0 Å². The van der Waals surface area contributed by atoms with Gasteiger partial charge in [-0.2, -0.15) is 0 Å². The minimum Gasteiger partial charge on any atom is -0.0845 e. The molecule has 0 atom stereocenters. The van der Waals surface area contributed by atoms with E-state index in [1.165, 1.54) is 117 Å². The number of benzene rings is 7. The summed E-state index contributed by atoms with van der Waals surface area (Å²) in [6.07, 6.45) is 0. The highest BCUT2D eigenvalue weighted by Crippen LogP contribution is 2.44. The smallest absolute Gasteiger partial charge is 0.0297 e. The lowest BCUT2D eigenvalue weighted by atomic mass is 9.84. The van der Waals surface area contributed by atoms with Crippen LogP contribution in [0.3, 0.4) is 0 Å². The van der Waals surface area contributed by atoms with Gasteiger partial charge in [0.15, 0.2) is 0 Å². The Labute approximate surface area is 435 Å². The topological polar surface area (TPSA) is 0 Å². The fourth-order valence-electron chi connectivity index (χ4n) is 9.61. The van der Waals surface area contributed by atoms with Gasteiger partial charge in [0.1, 0.15) is 0 Å². The quantitative estimate of drug-likeness (QED) is 0.0869. The number of halogens is 1. The van der Waals surface area contributed by atoms with Crippen molar-refractivity contribution in [2.24, 2.45) is 0 Å². The molecule has 0 aliphatic rings. The lowest BCUT2D eigenvalue weighted by Gasteiger charge is -2.21. The summed E-state index contributed by atoms with van der Waals surface area (Å²) in [5, 5.41) is 0. The summed E-state index contributed by atoms with van der Waals surface area (Å²) in [5.74, 6) is 4.33. The van der Waals surface area contributed by atoms with Crippen LogP contribution in [0.5, 0.6) is 0 Å². The minimum absolute atomic E-state index is 0.431. The van der Waals surface area contributed by atoms with Crippen LogP contribution in [-0.2, 0) is 5.75 Å². The van der Waals surface area contributed by atoms with Crippen LogP contribution in [0.25, 0.3) is 66.8 Å². The molecule has 360 valence electrons. The third-order valence-electron chi connectivity index (χ3n) is 14.4. The predicted octanol–water partition coefficient (Wildman–Crippen LogP) is 22.3. The summed E-state index contributed by atoms with van der Waals surface area (Å²) in [6, 6.07) is 51.3. The highest BCUT2D eigenvalue weighted by Gasteiger charge is 2.20. The minimum atomic E-state index is 0.431. The van der Waals surface area contributed by atoms with E-state index in [1.54, 1.807) is 0 Å². The summed E-state index contributed by atoms with van der Waals surface area (Å²) in [7, 11) is 1.89. The van der Waals surface area contributed by atoms with Gasteiger partial charge in [0.05, 0.1) is 0 Å². The first-order valence-electron chi connectivity index (χ1n) is 26.0. The lowest BCUT2D eigenvalue weighted by molar-refractivity contribution is 0.834. The largest absolute Gasteiger partial charge is 0.0845 e. The number of hydrogen-bond acceptors (Lipinski definition) is 1. The molecular formula is C67H79IS. The fraction of sp³-hybridized carbons (Fsp3) is 0.373. The molecule has 0 nitrogen and oxygen atoms in total. The van der Waals surface area contributed by atoms with Gasteiger partial charge in [0.2, 0.25) is 0 Å². The molecule has 0 saturated heterocycles. The Balaban J connectivity index is 1.54. The average Bonchev–Trinajstić information content (AvgIpc) is 3.33. The van der Waals surface area contributed by atoms with Crippen molar-refractivity contribution in [2.75, 3.05) is 0 Å². The van der Waals surface area contributed by atoms with Crippen molar-refractivity contribution in [1.29, 1.82) is 0 Å². The lowest BCUT2D eigenvalue weighted by Crippen LogP contribution is -1.98. The molecule has 7 rings (SSSR count). The molecule has 0 radical (unpaired) electrons. The van der Waals surface area contributed by atoms with Crippen molar-refractivity contribution in [2.45, 2.75) is 164 Å². The van der Waals surface area contributed by atoms with Crippen molar-refractivity contribution in [1.82, 2.24) is 0 Å². The Morgan fingerprint density at radius 1 is 0.275 bits per heavy atom. The molecule has 0 heterocycles. The molecule has 0 aliphatic carbocycles. The molecule has 7 aromatic carbocycles. The molecule has 0 unspecified atom stereocenters. The van der Waals surface area contributed by atoms with Crippen molar-refractivity contribution >= 4 is 30.1 Å². The Morgan fingerprint density at radius 3 is 0.652 bits per heavy atom. The van der Waals surface area contributed by atoms with E-state index in [9.17, 15) is 0 Å². The van der Waals surface area contributed by atoms with Gasteiger partial charge in [0.25, 0.3) is 0 Å². The summed E-state index contributed by atoms with van der Waals surface area (Å²) in [5.41, 5.74) is 27.9. The monoisotopic (exact) mass is 1040 g/mol. The first-order chi connectivity index (χ1) is 32.7. The molecule has 0 fully saturated rings. The third kappa shape index (κ3) is 12.2. The van der Waals surface area contributed by atoms with Gasteiger partial charge in [-0.3, -0.25) is 0 Å². The summed E-state index contributed by atoms with van der Waals surface area (Å²) >= 11 is 2.52. The highest BCUT2D eigenvalue weighted by atomic mass is 127. The Bertz CT molecular complexity index is 2460. The van der Waals surface area contributed by atoms with Gasteiger partial charge in [0, 0.05) is 5.75 Å². The van der Waals surface area contributed by atoms with Crippen LogP contribution in [-0.4, -0.2) is 0 Å². The SMILES string of the molecule is CC(C)c1cc(-c2cc(-c3cc(C(C)C)cc(C(C)C)c3)cc(-c3cccc(-c4cc(-c5cc(C(C)C)cc(C(C)C)c5)cc(-c5cc(C(C)C)cc(C(C)C)c5)c4)c3CSI)c2)cc(C(C)C)c1. The van der Waals surface area contributed by atoms with Crippen LogP contribution in [0.4, 0.5) is 0 Å². The second-order valence-electron chi connectivity index (χ2n) is 22.5. The van der Waals surface area contributed by atoms with E-state index in [0.29, 0.717) is 47.3 Å². The molecule has 0 N–H and O–H groups in total. The van der Waals surface area contributed by atoms with Crippen molar-refractivity contribution < 1.29 is 0 Å². The molecule has 0 bridgehead atoms. The van der Waals surface area contributed by atoms with Gasteiger partial charge in [-0.05, 0) is 222 Å². The maximum atomic E-state index is 2.52. The maximum absolute atomic E-state index is 2.52. The normalized spacial score (nSPS) is 12.1. The molecule has 69 heavy (non-hydrogen) atoms. The predicted molar refractivity (Wildman–Crippen MR) is 317 cm³/mol. The van der Waals surface area contributed by atoms with E-state index >= 15 is 0 Å². The van der Waals surface area contributed by atoms with Crippen molar-refractivity contribution in [3.8, 4) is 66.8 Å². The van der Waals surface area contributed by atoms with Gasteiger partial charge >= 0.3 is 0 Å². The molecule has 7 aromatic rings. The molecule has 2 heteroatoms. The second-order valence-corrected chi connectivity index (χ2v) is 24.8. The zero-order valence-corrected chi connectivity index (χ0v) is 47.7. The standard InChI is InChI=1S/C67H79IS/c1-39(2)47-20-48(40(3)4)25-55(24-47)59-32-60(56-26-49(41(5)6)21-50(27-56)42(7)8)35-63(34-59)65-18-17-19-66(67(65)38-69-68)64-36-61(57-28-51(43(9)10)22-52(29-57)44(11)12)33-62(37-64)58-30-53(45(13)14)23-54(31-58)46(15)16/h17-37,39-46H,38H2,1-16H3. The molecular weight excluding hydrogens is 964 g/mol. The average molecular weight is 1040 g/mol. The summed E-state index contributed by atoms with van der Waals surface area (Å²) in [4.78, 5) is 0. The van der Waals surface area contributed by atoms with E-state index in [2.05, 4.69) is 259 Å². The van der Waals surface area contributed by atoms with Gasteiger partial charge in [-0.15, -0.1) is 0 Å². The van der Waals surface area contributed by atoms with E-state index in [1.807, 2.05) is 8.93 Å². The molecule has 0 spiro atoms. The zero-order valence-electron chi connectivity index (χ0n) is 44.7. The molecule has 0 saturated carbocycles. The van der Waals surface area contributed by atoms with E-state index in [0.717, 1.165) is 5.75 Å². The van der Waals surface area contributed by atoms with Crippen LogP contribution in [0, 0.1) is 0 Å². The zero-order chi connectivity index (χ0) is 50.0. The van der Waals surface area contributed by atoms with Gasteiger partial charge in [-0.1, -0.05) is 211 Å². The first kappa shape index (κ1) is 52.4. The molecule has 0 aliphatic heterocycles. The van der Waals surface area contributed by atoms with Crippen molar-refractivity contribution in [3.63, 3.8) is 0 Å². The summed E-state index contributed by atoms with van der Waals surface area (Å²) in [6.45, 7) is 37.2. The van der Waals surface area contributed by atoms with Crippen LogP contribution in [0.2, 0.25) is 0 Å². The van der Waals surface area contributed by atoms with Gasteiger partial charge < -0.3 is 0 Å². The van der Waals surface area contributed by atoms with E-state index in [-0.39, 0.29) is 0 Å². The van der Waals surface area contributed by atoms with Gasteiger partial charge in [-0.25, -0.2) is 0 Å². The van der Waals surface area contributed by atoms with Crippen molar-refractivity contribution in [3.05, 3.63) is 177 Å². The third-order valence-corrected chi connectivity index (χ3v) is 15.8. The fourth-order valence-corrected chi connectivity index (χ4v) is 11.0. The molecule has 0 aromatic heterocycles. The second kappa shape index (κ2) is 22.4. The van der Waals surface area contributed by atoms with E-state index < -0.39 is 0 Å². The Kier molecular flexibility index (Phi) is 17.0. The maximum Gasteiger partial charge on any atom is 0.0297 e. The molecule has 0 amide bonds. The van der Waals surface area contributed by atoms with Crippen LogP contribution in [0.15, 0.2) is 127 Å². The first-order valence-corrected chi connectivity index (χ1v) is 29.5. The summed E-state index contributed by atoms with van der Waals surface area (Å²) < 4.78 is 0. The highest BCUT2D eigenvalue weighted by molar-refractivity contribution is 14.2.